The molecule has 0 aliphatic heterocycles. The van der Waals surface area contributed by atoms with Crippen LogP contribution in [0.2, 0.25) is 0 Å². The number of carbonyl (C=O) groups is 1. The van der Waals surface area contributed by atoms with Gasteiger partial charge in [-0.3, -0.25) is 4.79 Å². The Hall–Kier alpha value is -2.76. The van der Waals surface area contributed by atoms with E-state index in [2.05, 4.69) is 26.7 Å². The zero-order chi connectivity index (χ0) is 17.5. The summed E-state index contributed by atoms with van der Waals surface area (Å²) in [6.07, 6.45) is 9.64. The molecule has 1 aromatic heterocycles. The Morgan fingerprint density at radius 1 is 1.20 bits per heavy atom. The number of nitrogens with zero attached hydrogens (tertiary/aromatic N) is 2. The third kappa shape index (κ3) is 4.86. The molecule has 6 heteroatoms. The summed E-state index contributed by atoms with van der Waals surface area (Å²) in [5.74, 6) is -0.549. The summed E-state index contributed by atoms with van der Waals surface area (Å²) in [6.45, 7) is 0.726. The Kier molecular flexibility index (Phi) is 5.72. The van der Waals surface area contributed by atoms with Crippen LogP contribution >= 0.6 is 0 Å². The minimum Gasteiger partial charge on any atom is -0.354 e. The molecule has 3 rings (SSSR count). The zero-order valence-corrected chi connectivity index (χ0v) is 14.0. The van der Waals surface area contributed by atoms with Crippen LogP contribution in [0.25, 0.3) is 0 Å². The first-order valence-electron chi connectivity index (χ1n) is 8.53. The highest BCUT2D eigenvalue weighted by molar-refractivity contribution is 6.03. The summed E-state index contributed by atoms with van der Waals surface area (Å²) in [4.78, 5) is 20.6. The van der Waals surface area contributed by atoms with E-state index in [0.29, 0.717) is 5.95 Å². The van der Waals surface area contributed by atoms with Gasteiger partial charge in [0, 0.05) is 12.7 Å². The van der Waals surface area contributed by atoms with E-state index in [-0.39, 0.29) is 11.4 Å². The summed E-state index contributed by atoms with van der Waals surface area (Å²) in [5.41, 5.74) is 1.79. The molecule has 2 N–H and O–H groups in total. The van der Waals surface area contributed by atoms with Crippen LogP contribution in [0, 0.1) is 5.82 Å². The van der Waals surface area contributed by atoms with Gasteiger partial charge in [0.1, 0.15) is 11.5 Å². The van der Waals surface area contributed by atoms with Gasteiger partial charge in [0.05, 0.1) is 5.69 Å². The van der Waals surface area contributed by atoms with E-state index in [0.717, 1.165) is 25.8 Å². The molecule has 0 unspecified atom stereocenters. The molecule has 1 amide bonds. The van der Waals surface area contributed by atoms with E-state index >= 15 is 0 Å². The van der Waals surface area contributed by atoms with E-state index in [1.807, 2.05) is 0 Å². The second kappa shape index (κ2) is 8.37. The van der Waals surface area contributed by atoms with Gasteiger partial charge in [-0.15, -0.1) is 0 Å². The molecule has 2 aromatic rings. The molecule has 1 heterocycles. The van der Waals surface area contributed by atoms with Crippen molar-refractivity contribution in [2.75, 3.05) is 17.2 Å². The lowest BCUT2D eigenvalue weighted by atomic mass is 9.97. The number of aromatic nitrogens is 2. The predicted octanol–water partition coefficient (Wildman–Crippen LogP) is 4.17. The van der Waals surface area contributed by atoms with Crippen LogP contribution in [0.3, 0.4) is 0 Å². The average Bonchev–Trinajstić information content (AvgIpc) is 2.65. The van der Waals surface area contributed by atoms with Crippen LogP contribution in [0.15, 0.2) is 48.2 Å². The third-order valence-electron chi connectivity index (χ3n) is 4.12. The van der Waals surface area contributed by atoms with Gasteiger partial charge < -0.3 is 10.6 Å². The molecule has 0 saturated heterocycles. The van der Waals surface area contributed by atoms with Crippen LogP contribution in [-0.2, 0) is 0 Å². The summed E-state index contributed by atoms with van der Waals surface area (Å²) >= 11 is 0. The van der Waals surface area contributed by atoms with Crippen LogP contribution in [-0.4, -0.2) is 22.4 Å². The number of rotatable bonds is 6. The van der Waals surface area contributed by atoms with Crippen LogP contribution < -0.4 is 10.6 Å². The number of benzene rings is 1. The molecule has 1 aliphatic rings. The van der Waals surface area contributed by atoms with Gasteiger partial charge in [-0.25, -0.2) is 14.4 Å². The van der Waals surface area contributed by atoms with Crippen molar-refractivity contribution in [3.8, 4) is 0 Å². The standard InChI is InChI=1S/C19H21FN4O/c20-15-8-4-5-9-16(15)23-18(25)17-11-13-22-19(24-17)21-12-10-14-6-2-1-3-7-14/h4-6,8-9,11,13H,1-3,7,10,12H2,(H,23,25)(H,21,22,24). The van der Waals surface area contributed by atoms with Crippen molar-refractivity contribution >= 4 is 17.5 Å². The second-order valence-electron chi connectivity index (χ2n) is 5.98. The van der Waals surface area contributed by atoms with Gasteiger partial charge in [-0.2, -0.15) is 0 Å². The van der Waals surface area contributed by atoms with Gasteiger partial charge in [-0.05, 0) is 50.3 Å². The van der Waals surface area contributed by atoms with E-state index < -0.39 is 11.7 Å². The molecule has 0 bridgehead atoms. The number of carbonyl (C=O) groups excluding carboxylic acids is 1. The largest absolute Gasteiger partial charge is 0.354 e. The maximum absolute atomic E-state index is 13.6. The molecular weight excluding hydrogens is 319 g/mol. The predicted molar refractivity (Wildman–Crippen MR) is 96.0 cm³/mol. The van der Waals surface area contributed by atoms with E-state index in [9.17, 15) is 9.18 Å². The molecule has 0 fully saturated rings. The Morgan fingerprint density at radius 3 is 2.88 bits per heavy atom. The minimum absolute atomic E-state index is 0.129. The first-order valence-corrected chi connectivity index (χ1v) is 8.53. The van der Waals surface area contributed by atoms with Crippen molar-refractivity contribution in [2.24, 2.45) is 0 Å². The number of amides is 1. The minimum atomic E-state index is -0.482. The summed E-state index contributed by atoms with van der Waals surface area (Å²) in [7, 11) is 0. The number of anilines is 2. The third-order valence-corrected chi connectivity index (χ3v) is 4.12. The SMILES string of the molecule is O=C(Nc1ccccc1F)c1ccnc(NCCC2=CCCCC2)n1. The van der Waals surface area contributed by atoms with Crippen LogP contribution in [0.4, 0.5) is 16.0 Å². The van der Waals surface area contributed by atoms with Gasteiger partial charge in [0.25, 0.3) is 5.91 Å². The first kappa shape index (κ1) is 17.1. The topological polar surface area (TPSA) is 66.9 Å². The maximum Gasteiger partial charge on any atom is 0.274 e. The van der Waals surface area contributed by atoms with E-state index in [1.165, 1.54) is 42.8 Å². The van der Waals surface area contributed by atoms with Gasteiger partial charge in [0.2, 0.25) is 5.95 Å². The Balaban J connectivity index is 1.58. The van der Waals surface area contributed by atoms with Crippen molar-refractivity contribution in [2.45, 2.75) is 32.1 Å². The van der Waals surface area contributed by atoms with Crippen molar-refractivity contribution in [3.63, 3.8) is 0 Å². The molecule has 0 atom stereocenters. The van der Waals surface area contributed by atoms with Crippen molar-refractivity contribution in [1.82, 2.24) is 9.97 Å². The van der Waals surface area contributed by atoms with Crippen molar-refractivity contribution < 1.29 is 9.18 Å². The highest BCUT2D eigenvalue weighted by Gasteiger charge is 2.11. The molecule has 130 valence electrons. The maximum atomic E-state index is 13.6. The number of allylic oxidation sites excluding steroid dienone is 1. The van der Waals surface area contributed by atoms with Gasteiger partial charge >= 0.3 is 0 Å². The molecular formula is C19H21FN4O. The van der Waals surface area contributed by atoms with E-state index in [1.54, 1.807) is 12.1 Å². The summed E-state index contributed by atoms with van der Waals surface area (Å²) in [6, 6.07) is 7.53. The lowest BCUT2D eigenvalue weighted by Crippen LogP contribution is -2.16. The van der Waals surface area contributed by atoms with E-state index in [4.69, 9.17) is 0 Å². The molecule has 1 aromatic carbocycles. The number of hydrogen-bond donors (Lipinski definition) is 2. The zero-order valence-electron chi connectivity index (χ0n) is 14.0. The van der Waals surface area contributed by atoms with Gasteiger partial charge in [0.15, 0.2) is 0 Å². The van der Waals surface area contributed by atoms with Crippen molar-refractivity contribution in [3.05, 3.63) is 59.7 Å². The fourth-order valence-corrected chi connectivity index (χ4v) is 2.79. The Morgan fingerprint density at radius 2 is 2.08 bits per heavy atom. The lowest BCUT2D eigenvalue weighted by molar-refractivity contribution is 0.102. The molecule has 0 radical (unpaired) electrons. The molecule has 0 saturated carbocycles. The summed E-state index contributed by atoms with van der Waals surface area (Å²) in [5, 5.41) is 5.67. The first-order chi connectivity index (χ1) is 12.2. The second-order valence-corrected chi connectivity index (χ2v) is 5.98. The molecule has 25 heavy (non-hydrogen) atoms. The summed E-state index contributed by atoms with van der Waals surface area (Å²) < 4.78 is 13.6. The number of nitrogens with one attached hydrogen (secondary N) is 2. The fourth-order valence-electron chi connectivity index (χ4n) is 2.79. The fraction of sp³-hybridized carbons (Fsp3) is 0.316. The highest BCUT2D eigenvalue weighted by atomic mass is 19.1. The Labute approximate surface area is 146 Å². The number of halogens is 1. The lowest BCUT2D eigenvalue weighted by Gasteiger charge is -2.13. The smallest absolute Gasteiger partial charge is 0.274 e. The highest BCUT2D eigenvalue weighted by Crippen LogP contribution is 2.20. The van der Waals surface area contributed by atoms with Gasteiger partial charge in [-0.1, -0.05) is 23.8 Å². The van der Waals surface area contributed by atoms with Crippen LogP contribution in [0.5, 0.6) is 0 Å². The molecule has 0 spiro atoms. The van der Waals surface area contributed by atoms with Crippen molar-refractivity contribution in [1.29, 1.82) is 0 Å². The Bertz CT molecular complexity index is 776. The number of hydrogen-bond acceptors (Lipinski definition) is 4. The molecule has 5 nitrogen and oxygen atoms in total. The quantitative estimate of drug-likeness (QED) is 0.775. The van der Waals surface area contributed by atoms with Crippen LogP contribution in [0.1, 0.15) is 42.6 Å². The average molecular weight is 340 g/mol. The number of para-hydroxylation sites is 1. The monoisotopic (exact) mass is 340 g/mol. The normalized spacial score (nSPS) is 13.9. The molecule has 1 aliphatic carbocycles.